The van der Waals surface area contributed by atoms with Gasteiger partial charge in [0.15, 0.2) is 0 Å². The van der Waals surface area contributed by atoms with E-state index in [1.54, 1.807) is 0 Å². The van der Waals surface area contributed by atoms with Crippen LogP contribution in [0.5, 0.6) is 0 Å². The van der Waals surface area contributed by atoms with Crippen LogP contribution in [-0.2, 0) is 0 Å². The first kappa shape index (κ1) is 18.1. The number of hydrogen-bond acceptors (Lipinski definition) is 2. The van der Waals surface area contributed by atoms with Crippen LogP contribution in [-0.4, -0.2) is 0 Å². The summed E-state index contributed by atoms with van der Waals surface area (Å²) in [7, 11) is 0. The summed E-state index contributed by atoms with van der Waals surface area (Å²) in [5, 5.41) is 7.46. The number of hydrogen-bond donors (Lipinski definition) is 2. The molecule has 1 aliphatic heterocycles. The average molecular weight is 381 g/mol. The quantitative estimate of drug-likeness (QED) is 0.470. The molecule has 1 aliphatic carbocycles. The van der Waals surface area contributed by atoms with Crippen LogP contribution in [0.4, 0.5) is 17.1 Å². The monoisotopic (exact) mass is 380 g/mol. The zero-order valence-corrected chi connectivity index (χ0v) is 17.4. The van der Waals surface area contributed by atoms with Gasteiger partial charge in [-0.2, -0.15) is 0 Å². The Bertz CT molecular complexity index is 1060. The van der Waals surface area contributed by atoms with Gasteiger partial charge in [0.2, 0.25) is 0 Å². The third-order valence-electron chi connectivity index (χ3n) is 6.47. The predicted molar refractivity (Wildman–Crippen MR) is 123 cm³/mol. The molecule has 29 heavy (non-hydrogen) atoms. The van der Waals surface area contributed by atoms with Crippen molar-refractivity contribution in [1.82, 2.24) is 0 Å². The van der Waals surface area contributed by atoms with E-state index in [4.69, 9.17) is 0 Å². The first-order valence-corrected chi connectivity index (χ1v) is 10.6. The van der Waals surface area contributed by atoms with Crippen LogP contribution in [0, 0.1) is 26.7 Å². The van der Waals surface area contributed by atoms with E-state index in [0.717, 1.165) is 17.8 Å². The van der Waals surface area contributed by atoms with E-state index in [1.165, 1.54) is 33.5 Å². The molecule has 0 saturated heterocycles. The van der Waals surface area contributed by atoms with Crippen LogP contribution in [0.2, 0.25) is 0 Å². The second kappa shape index (κ2) is 7.11. The van der Waals surface area contributed by atoms with Crippen molar-refractivity contribution >= 4 is 17.1 Å². The zero-order chi connectivity index (χ0) is 20.0. The van der Waals surface area contributed by atoms with E-state index in [9.17, 15) is 0 Å². The molecule has 0 amide bonds. The summed E-state index contributed by atoms with van der Waals surface area (Å²) in [4.78, 5) is 0. The minimum Gasteiger partial charge on any atom is -0.378 e. The summed E-state index contributed by atoms with van der Waals surface area (Å²) < 4.78 is 0. The van der Waals surface area contributed by atoms with Crippen LogP contribution in [0.3, 0.4) is 0 Å². The predicted octanol–water partition coefficient (Wildman–Crippen LogP) is 7.18. The van der Waals surface area contributed by atoms with Crippen molar-refractivity contribution in [2.24, 2.45) is 5.92 Å². The van der Waals surface area contributed by atoms with E-state index < -0.39 is 0 Å². The summed E-state index contributed by atoms with van der Waals surface area (Å²) in [6, 6.07) is 22.1. The summed E-state index contributed by atoms with van der Waals surface area (Å²) >= 11 is 0. The van der Waals surface area contributed by atoms with E-state index in [1.807, 2.05) is 6.07 Å². The van der Waals surface area contributed by atoms with Crippen molar-refractivity contribution in [2.75, 3.05) is 10.6 Å². The first-order valence-electron chi connectivity index (χ1n) is 10.6. The SMILES string of the molecule is Cc1cc(C)c(C2Nc3ccc(Nc4ccccc4)cc3C3C=CCC32)c(C)c1. The van der Waals surface area contributed by atoms with Gasteiger partial charge >= 0.3 is 0 Å². The molecule has 2 aliphatic rings. The van der Waals surface area contributed by atoms with Gasteiger partial charge in [0.1, 0.15) is 0 Å². The summed E-state index contributed by atoms with van der Waals surface area (Å²) in [5.41, 5.74) is 10.6. The van der Waals surface area contributed by atoms with Crippen LogP contribution < -0.4 is 10.6 Å². The van der Waals surface area contributed by atoms with Gasteiger partial charge in [-0.1, -0.05) is 48.0 Å². The first-order chi connectivity index (χ1) is 14.1. The second-order valence-electron chi connectivity index (χ2n) is 8.58. The number of para-hydroxylation sites is 1. The lowest BCUT2D eigenvalue weighted by molar-refractivity contribution is 0.423. The van der Waals surface area contributed by atoms with Gasteiger partial charge in [-0.15, -0.1) is 0 Å². The molecule has 0 saturated carbocycles. The molecule has 3 aromatic carbocycles. The maximum absolute atomic E-state index is 3.91. The number of benzene rings is 3. The van der Waals surface area contributed by atoms with Crippen LogP contribution in [0.25, 0.3) is 0 Å². The lowest BCUT2D eigenvalue weighted by atomic mass is 9.75. The number of aryl methyl sites for hydroxylation is 3. The molecule has 0 radical (unpaired) electrons. The molecule has 0 aromatic heterocycles. The molecule has 5 rings (SSSR count). The minimum absolute atomic E-state index is 0.357. The van der Waals surface area contributed by atoms with Crippen molar-refractivity contribution in [2.45, 2.75) is 39.2 Å². The lowest BCUT2D eigenvalue weighted by Crippen LogP contribution is -2.30. The number of allylic oxidation sites excluding steroid dienone is 2. The van der Waals surface area contributed by atoms with Gasteiger partial charge < -0.3 is 10.6 Å². The average Bonchev–Trinajstić information content (AvgIpc) is 3.19. The fraction of sp³-hybridized carbons (Fsp3) is 0.259. The van der Waals surface area contributed by atoms with Crippen LogP contribution >= 0.6 is 0 Å². The van der Waals surface area contributed by atoms with Crippen molar-refractivity contribution < 1.29 is 0 Å². The lowest BCUT2D eigenvalue weighted by Gasteiger charge is -2.39. The number of fused-ring (bicyclic) bond motifs is 3. The molecule has 3 atom stereocenters. The van der Waals surface area contributed by atoms with Gasteiger partial charge in [-0.05, 0) is 85.7 Å². The smallest absolute Gasteiger partial charge is 0.0559 e. The van der Waals surface area contributed by atoms with Crippen molar-refractivity contribution in [3.05, 3.63) is 101 Å². The molecule has 0 fully saturated rings. The van der Waals surface area contributed by atoms with E-state index >= 15 is 0 Å². The van der Waals surface area contributed by atoms with E-state index in [0.29, 0.717) is 17.9 Å². The van der Waals surface area contributed by atoms with Crippen LogP contribution in [0.1, 0.15) is 46.2 Å². The fourth-order valence-electron chi connectivity index (χ4n) is 5.33. The number of anilines is 3. The third kappa shape index (κ3) is 3.23. The molecule has 0 bridgehead atoms. The molecular formula is C27H28N2. The Morgan fingerprint density at radius 1 is 0.862 bits per heavy atom. The Morgan fingerprint density at radius 3 is 2.38 bits per heavy atom. The molecule has 146 valence electrons. The molecule has 2 nitrogen and oxygen atoms in total. The third-order valence-corrected chi connectivity index (χ3v) is 6.47. The Balaban J connectivity index is 1.52. The summed E-state index contributed by atoms with van der Waals surface area (Å²) in [5.74, 6) is 1.03. The molecular weight excluding hydrogens is 352 g/mol. The van der Waals surface area contributed by atoms with E-state index in [2.05, 4.69) is 98.2 Å². The zero-order valence-electron chi connectivity index (χ0n) is 17.4. The van der Waals surface area contributed by atoms with Crippen molar-refractivity contribution in [3.63, 3.8) is 0 Å². The maximum Gasteiger partial charge on any atom is 0.0559 e. The van der Waals surface area contributed by atoms with Gasteiger partial charge in [0, 0.05) is 23.0 Å². The van der Waals surface area contributed by atoms with E-state index in [-0.39, 0.29) is 0 Å². The highest BCUT2D eigenvalue weighted by atomic mass is 15.0. The second-order valence-corrected chi connectivity index (χ2v) is 8.58. The maximum atomic E-state index is 3.91. The molecule has 1 heterocycles. The normalized spacial score (nSPS) is 22.0. The Morgan fingerprint density at radius 2 is 1.62 bits per heavy atom. The Labute approximate surface area is 173 Å². The largest absolute Gasteiger partial charge is 0.378 e. The molecule has 3 unspecified atom stereocenters. The number of nitrogens with one attached hydrogen (secondary N) is 2. The molecule has 2 N–H and O–H groups in total. The Kier molecular flexibility index (Phi) is 4.43. The van der Waals surface area contributed by atoms with Gasteiger partial charge in [-0.25, -0.2) is 0 Å². The fourth-order valence-corrected chi connectivity index (χ4v) is 5.33. The molecule has 2 heteroatoms. The summed E-state index contributed by atoms with van der Waals surface area (Å²) in [6.45, 7) is 6.71. The topological polar surface area (TPSA) is 24.1 Å². The highest BCUT2D eigenvalue weighted by molar-refractivity contribution is 5.69. The highest BCUT2D eigenvalue weighted by Gasteiger charge is 2.39. The Hall–Kier alpha value is -3.00. The van der Waals surface area contributed by atoms with Gasteiger partial charge in [0.05, 0.1) is 6.04 Å². The van der Waals surface area contributed by atoms with Crippen LogP contribution in [0.15, 0.2) is 72.8 Å². The van der Waals surface area contributed by atoms with Gasteiger partial charge in [-0.3, -0.25) is 0 Å². The van der Waals surface area contributed by atoms with Crippen molar-refractivity contribution in [1.29, 1.82) is 0 Å². The van der Waals surface area contributed by atoms with Gasteiger partial charge in [0.25, 0.3) is 0 Å². The molecule has 3 aromatic rings. The minimum atomic E-state index is 0.357. The highest BCUT2D eigenvalue weighted by Crippen LogP contribution is 2.51. The standard InChI is InChI=1S/C27H28N2/c1-17-14-18(2)26(19(3)15-17)27-23-11-7-10-22(23)24-16-21(12-13-25(24)29-27)28-20-8-5-4-6-9-20/h4-10,12-16,22-23,27-29H,11H2,1-3H3. The van der Waals surface area contributed by atoms with Crippen molar-refractivity contribution in [3.8, 4) is 0 Å². The number of rotatable bonds is 3. The summed E-state index contributed by atoms with van der Waals surface area (Å²) in [6.07, 6.45) is 5.92. The molecule has 0 spiro atoms.